The lowest BCUT2D eigenvalue weighted by Gasteiger charge is -2.15. The third-order valence-electron chi connectivity index (χ3n) is 5.41. The van der Waals surface area contributed by atoms with E-state index in [1.54, 1.807) is 24.3 Å². The number of carbonyl (C=O) groups excluding carboxylic acids is 1. The van der Waals surface area contributed by atoms with E-state index >= 15 is 0 Å². The van der Waals surface area contributed by atoms with E-state index < -0.39 is 22.0 Å². The predicted octanol–water partition coefficient (Wildman–Crippen LogP) is 4.27. The number of carbonyl (C=O) groups is 2. The summed E-state index contributed by atoms with van der Waals surface area (Å²) in [6, 6.07) is 21.6. The van der Waals surface area contributed by atoms with Gasteiger partial charge in [-0.25, -0.2) is 8.42 Å². The summed E-state index contributed by atoms with van der Waals surface area (Å²) in [6.45, 7) is 0.259. The molecule has 0 fully saturated rings. The molecule has 0 spiro atoms. The maximum atomic E-state index is 12.7. The third-order valence-corrected chi connectivity index (χ3v) is 7.15. The van der Waals surface area contributed by atoms with Gasteiger partial charge >= 0.3 is 5.97 Å². The lowest BCUT2D eigenvalue weighted by molar-refractivity contribution is -0.139. The van der Waals surface area contributed by atoms with Crippen LogP contribution in [-0.2, 0) is 26.0 Å². The fourth-order valence-corrected chi connectivity index (χ4v) is 4.83. The Hall–Kier alpha value is -3.20. The topological polar surface area (TPSA) is 113 Å². The van der Waals surface area contributed by atoms with Crippen molar-refractivity contribution >= 4 is 33.5 Å². The maximum Gasteiger partial charge on any atom is 0.321 e. The molecule has 0 saturated carbocycles. The Kier molecular flexibility index (Phi) is 9.42. The first-order valence-corrected chi connectivity index (χ1v) is 13.0. The van der Waals surface area contributed by atoms with Gasteiger partial charge in [0, 0.05) is 18.0 Å². The molecule has 0 heterocycles. The molecular formula is C26H27ClN2O5S. The number of sulfonamides is 1. The van der Waals surface area contributed by atoms with Crippen molar-refractivity contribution < 1.29 is 23.1 Å². The summed E-state index contributed by atoms with van der Waals surface area (Å²) >= 11 is 5.90. The van der Waals surface area contributed by atoms with Gasteiger partial charge in [0.15, 0.2) is 0 Å². The van der Waals surface area contributed by atoms with E-state index in [1.165, 1.54) is 12.1 Å². The van der Waals surface area contributed by atoms with E-state index in [2.05, 4.69) is 10.0 Å². The molecule has 9 heteroatoms. The summed E-state index contributed by atoms with van der Waals surface area (Å²) in [4.78, 5) is 23.6. The van der Waals surface area contributed by atoms with Crippen LogP contribution in [0.1, 0.15) is 24.8 Å². The summed E-state index contributed by atoms with van der Waals surface area (Å²) in [7, 11) is -4.04. The molecule has 3 aromatic carbocycles. The van der Waals surface area contributed by atoms with Crippen molar-refractivity contribution in [3.05, 3.63) is 89.4 Å². The highest BCUT2D eigenvalue weighted by atomic mass is 35.5. The molecule has 0 saturated heterocycles. The van der Waals surface area contributed by atoms with E-state index in [1.807, 2.05) is 42.5 Å². The standard InChI is InChI=1S/C26H27ClN2O5S/c27-22-13-9-20(10-14-22)21-11-15-23(16-12-21)35(33,34)29-24(26(31)32)7-4-18-28-25(30)17-8-19-5-2-1-3-6-19/h1-3,5-6,9-16,24,29H,4,7-8,17-18H2,(H,28,30)(H,31,32)/t24-/m0/s1. The molecule has 35 heavy (non-hydrogen) atoms. The van der Waals surface area contributed by atoms with Gasteiger partial charge in [0.2, 0.25) is 15.9 Å². The number of carboxylic acids is 1. The van der Waals surface area contributed by atoms with Crippen LogP contribution in [0.5, 0.6) is 0 Å². The van der Waals surface area contributed by atoms with Crippen LogP contribution in [0.4, 0.5) is 0 Å². The van der Waals surface area contributed by atoms with Crippen molar-refractivity contribution in [2.24, 2.45) is 0 Å². The summed E-state index contributed by atoms with van der Waals surface area (Å²) in [5.41, 5.74) is 2.74. The summed E-state index contributed by atoms with van der Waals surface area (Å²) in [6.07, 6.45) is 1.29. The van der Waals surface area contributed by atoms with E-state index in [9.17, 15) is 23.1 Å². The number of rotatable bonds is 12. The van der Waals surface area contributed by atoms with Gasteiger partial charge in [-0.3, -0.25) is 9.59 Å². The van der Waals surface area contributed by atoms with Crippen molar-refractivity contribution in [3.8, 4) is 11.1 Å². The number of halogens is 1. The van der Waals surface area contributed by atoms with Crippen LogP contribution in [0.2, 0.25) is 5.02 Å². The highest BCUT2D eigenvalue weighted by Gasteiger charge is 2.25. The lowest BCUT2D eigenvalue weighted by Crippen LogP contribution is -2.41. The maximum absolute atomic E-state index is 12.7. The van der Waals surface area contributed by atoms with Gasteiger partial charge in [0.1, 0.15) is 6.04 Å². The number of carboxylic acid groups (broad SMARTS) is 1. The number of benzene rings is 3. The van der Waals surface area contributed by atoms with Gasteiger partial charge in [-0.2, -0.15) is 4.72 Å². The van der Waals surface area contributed by atoms with Crippen molar-refractivity contribution in [1.29, 1.82) is 0 Å². The molecule has 0 aromatic heterocycles. The highest BCUT2D eigenvalue weighted by molar-refractivity contribution is 7.89. The number of aryl methyl sites for hydroxylation is 1. The number of nitrogens with one attached hydrogen (secondary N) is 2. The third kappa shape index (κ3) is 8.20. The second-order valence-corrected chi connectivity index (χ2v) is 10.2. The zero-order chi connectivity index (χ0) is 25.3. The molecular weight excluding hydrogens is 488 g/mol. The molecule has 0 unspecified atom stereocenters. The van der Waals surface area contributed by atoms with Gasteiger partial charge in [-0.15, -0.1) is 0 Å². The van der Waals surface area contributed by atoms with Crippen molar-refractivity contribution in [2.45, 2.75) is 36.6 Å². The largest absolute Gasteiger partial charge is 0.480 e. The summed E-state index contributed by atoms with van der Waals surface area (Å²) in [5, 5.41) is 12.8. The van der Waals surface area contributed by atoms with Crippen molar-refractivity contribution in [3.63, 3.8) is 0 Å². The normalized spacial score (nSPS) is 12.1. The molecule has 0 radical (unpaired) electrons. The van der Waals surface area contributed by atoms with Gasteiger partial charge < -0.3 is 10.4 Å². The van der Waals surface area contributed by atoms with Crippen molar-refractivity contribution in [2.75, 3.05) is 6.54 Å². The Labute approximate surface area is 210 Å². The Balaban J connectivity index is 1.50. The minimum atomic E-state index is -4.04. The zero-order valence-corrected chi connectivity index (χ0v) is 20.6. The number of hydrogen-bond acceptors (Lipinski definition) is 4. The zero-order valence-electron chi connectivity index (χ0n) is 19.0. The Bertz CT molecular complexity index is 1230. The molecule has 3 rings (SSSR count). The SMILES string of the molecule is O=C(CCc1ccccc1)NCCC[C@H](NS(=O)(=O)c1ccc(-c2ccc(Cl)cc2)cc1)C(=O)O. The van der Waals surface area contributed by atoms with Crippen LogP contribution in [0.25, 0.3) is 11.1 Å². The molecule has 3 N–H and O–H groups in total. The molecule has 7 nitrogen and oxygen atoms in total. The van der Waals surface area contributed by atoms with Crippen molar-refractivity contribution in [1.82, 2.24) is 10.0 Å². The first-order valence-electron chi connectivity index (χ1n) is 11.2. The number of amides is 1. The quantitative estimate of drug-likeness (QED) is 0.312. The number of aliphatic carboxylic acids is 1. The second kappa shape index (κ2) is 12.5. The Morgan fingerprint density at radius 2 is 1.49 bits per heavy atom. The van der Waals surface area contributed by atoms with Gasteiger partial charge in [-0.05, 0) is 60.2 Å². The van der Waals surface area contributed by atoms with Crippen LogP contribution < -0.4 is 10.0 Å². The number of hydrogen-bond donors (Lipinski definition) is 3. The average Bonchev–Trinajstić information content (AvgIpc) is 2.85. The molecule has 3 aromatic rings. The van der Waals surface area contributed by atoms with E-state index in [0.717, 1.165) is 16.7 Å². The van der Waals surface area contributed by atoms with Crippen LogP contribution in [0, 0.1) is 0 Å². The van der Waals surface area contributed by atoms with Gasteiger partial charge in [0.05, 0.1) is 4.90 Å². The predicted molar refractivity (Wildman–Crippen MR) is 136 cm³/mol. The fourth-order valence-electron chi connectivity index (χ4n) is 3.48. The second-order valence-electron chi connectivity index (χ2n) is 8.02. The molecule has 184 valence electrons. The lowest BCUT2D eigenvalue weighted by atomic mass is 10.1. The molecule has 0 aliphatic rings. The van der Waals surface area contributed by atoms with Crippen LogP contribution in [0.3, 0.4) is 0 Å². The average molecular weight is 515 g/mol. The first kappa shape index (κ1) is 26.4. The monoisotopic (exact) mass is 514 g/mol. The molecule has 0 aliphatic heterocycles. The van der Waals surface area contributed by atoms with Crippen LogP contribution >= 0.6 is 11.6 Å². The minimum absolute atomic E-state index is 0.0318. The summed E-state index contributed by atoms with van der Waals surface area (Å²) in [5.74, 6) is -1.41. The fraction of sp³-hybridized carbons (Fsp3) is 0.231. The molecule has 1 amide bonds. The Morgan fingerprint density at radius 1 is 0.886 bits per heavy atom. The molecule has 0 bridgehead atoms. The van der Waals surface area contributed by atoms with E-state index in [4.69, 9.17) is 11.6 Å². The van der Waals surface area contributed by atoms with Crippen LogP contribution in [-0.4, -0.2) is 38.0 Å². The summed E-state index contributed by atoms with van der Waals surface area (Å²) < 4.78 is 27.7. The Morgan fingerprint density at radius 3 is 2.09 bits per heavy atom. The van der Waals surface area contributed by atoms with Gasteiger partial charge in [0.25, 0.3) is 0 Å². The minimum Gasteiger partial charge on any atom is -0.480 e. The first-order chi connectivity index (χ1) is 16.7. The van der Waals surface area contributed by atoms with E-state index in [0.29, 0.717) is 24.3 Å². The highest BCUT2D eigenvalue weighted by Crippen LogP contribution is 2.23. The molecule has 0 aliphatic carbocycles. The van der Waals surface area contributed by atoms with Crippen LogP contribution in [0.15, 0.2) is 83.8 Å². The van der Waals surface area contributed by atoms with E-state index in [-0.39, 0.29) is 23.8 Å². The van der Waals surface area contributed by atoms with Gasteiger partial charge in [-0.1, -0.05) is 66.2 Å². The molecule has 1 atom stereocenters. The smallest absolute Gasteiger partial charge is 0.321 e.